The molecule has 2 unspecified atom stereocenters. The number of ketones is 1. The first kappa shape index (κ1) is 15.7. The molecule has 0 saturated heterocycles. The maximum Gasteiger partial charge on any atom is 0.164 e. The van der Waals surface area contributed by atoms with Gasteiger partial charge in [0.1, 0.15) is 5.60 Å². The highest BCUT2D eigenvalue weighted by Crippen LogP contribution is 2.39. The Morgan fingerprint density at radius 3 is 2.56 bits per heavy atom. The molecule has 18 heavy (non-hydrogen) atoms. The Labute approximate surface area is 112 Å². The summed E-state index contributed by atoms with van der Waals surface area (Å²) in [6, 6.07) is 0. The monoisotopic (exact) mass is 254 g/mol. The highest BCUT2D eigenvalue weighted by Gasteiger charge is 2.45. The Kier molecular flexibility index (Phi) is 6.34. The van der Waals surface area contributed by atoms with Crippen LogP contribution in [0.1, 0.15) is 72.1 Å². The van der Waals surface area contributed by atoms with Crippen LogP contribution in [0.2, 0.25) is 0 Å². The summed E-state index contributed by atoms with van der Waals surface area (Å²) in [6.45, 7) is 6.67. The zero-order chi connectivity index (χ0) is 13.6. The van der Waals surface area contributed by atoms with Gasteiger partial charge in [-0.2, -0.15) is 0 Å². The summed E-state index contributed by atoms with van der Waals surface area (Å²) in [4.78, 5) is 12.4. The lowest BCUT2D eigenvalue weighted by molar-refractivity contribution is -0.145. The second-order valence-electron chi connectivity index (χ2n) is 6.30. The molecule has 1 aliphatic rings. The van der Waals surface area contributed by atoms with Gasteiger partial charge in [0, 0.05) is 13.5 Å². The molecule has 0 aliphatic heterocycles. The van der Waals surface area contributed by atoms with E-state index in [1.807, 2.05) is 0 Å². The molecule has 0 N–H and O–H groups in total. The van der Waals surface area contributed by atoms with Crippen LogP contribution in [0.4, 0.5) is 0 Å². The SMILES string of the molecule is COC1(C(=O)CCCCCC(C)C)CCCC1C. The fourth-order valence-corrected chi connectivity index (χ4v) is 3.21. The quantitative estimate of drug-likeness (QED) is 0.601. The third-order valence-electron chi connectivity index (χ3n) is 4.50. The number of ether oxygens (including phenoxy) is 1. The van der Waals surface area contributed by atoms with Gasteiger partial charge in [-0.3, -0.25) is 4.79 Å². The van der Waals surface area contributed by atoms with Gasteiger partial charge in [0.2, 0.25) is 0 Å². The van der Waals surface area contributed by atoms with Gasteiger partial charge in [0.15, 0.2) is 5.78 Å². The van der Waals surface area contributed by atoms with Gasteiger partial charge < -0.3 is 4.74 Å². The first-order valence-electron chi connectivity index (χ1n) is 7.61. The van der Waals surface area contributed by atoms with Crippen molar-refractivity contribution < 1.29 is 9.53 Å². The standard InChI is InChI=1S/C16H30O2/c1-13(2)9-6-5-7-11-15(17)16(18-4)12-8-10-14(16)3/h13-14H,5-12H2,1-4H3. The number of hydrogen-bond acceptors (Lipinski definition) is 2. The van der Waals surface area contributed by atoms with Gasteiger partial charge in [-0.15, -0.1) is 0 Å². The maximum atomic E-state index is 12.4. The van der Waals surface area contributed by atoms with Crippen molar-refractivity contribution in [3.05, 3.63) is 0 Å². The zero-order valence-electron chi connectivity index (χ0n) is 12.6. The molecule has 0 amide bonds. The van der Waals surface area contributed by atoms with E-state index >= 15 is 0 Å². The minimum Gasteiger partial charge on any atom is -0.370 e. The van der Waals surface area contributed by atoms with Gasteiger partial charge >= 0.3 is 0 Å². The van der Waals surface area contributed by atoms with Crippen molar-refractivity contribution in [1.29, 1.82) is 0 Å². The molecular weight excluding hydrogens is 224 g/mol. The van der Waals surface area contributed by atoms with Crippen molar-refractivity contribution in [2.24, 2.45) is 11.8 Å². The van der Waals surface area contributed by atoms with Crippen LogP contribution in [-0.4, -0.2) is 18.5 Å². The van der Waals surface area contributed by atoms with Crippen LogP contribution in [0.3, 0.4) is 0 Å². The highest BCUT2D eigenvalue weighted by atomic mass is 16.5. The van der Waals surface area contributed by atoms with E-state index in [4.69, 9.17) is 4.74 Å². The minimum atomic E-state index is -0.446. The molecule has 0 aromatic heterocycles. The van der Waals surface area contributed by atoms with Gasteiger partial charge in [-0.05, 0) is 37.5 Å². The molecule has 2 heteroatoms. The number of rotatable bonds is 8. The fourth-order valence-electron chi connectivity index (χ4n) is 3.21. The van der Waals surface area contributed by atoms with E-state index in [0.29, 0.717) is 18.1 Å². The van der Waals surface area contributed by atoms with Crippen LogP contribution in [0, 0.1) is 11.8 Å². The molecular formula is C16H30O2. The average Bonchev–Trinajstić information content (AvgIpc) is 2.70. The topological polar surface area (TPSA) is 26.3 Å². The third-order valence-corrected chi connectivity index (χ3v) is 4.50. The lowest BCUT2D eigenvalue weighted by atomic mass is 9.85. The molecule has 0 spiro atoms. The third kappa shape index (κ3) is 3.81. The second kappa shape index (κ2) is 7.28. The molecule has 0 aromatic rings. The van der Waals surface area contributed by atoms with E-state index < -0.39 is 5.60 Å². The summed E-state index contributed by atoms with van der Waals surface area (Å²) in [6.07, 6.45) is 8.63. The molecule has 0 bridgehead atoms. The van der Waals surface area contributed by atoms with Crippen molar-refractivity contribution in [2.45, 2.75) is 77.7 Å². The average molecular weight is 254 g/mol. The lowest BCUT2D eigenvalue weighted by Gasteiger charge is -2.30. The molecule has 2 atom stereocenters. The Morgan fingerprint density at radius 2 is 2.06 bits per heavy atom. The summed E-state index contributed by atoms with van der Waals surface area (Å²) in [5.41, 5.74) is -0.446. The van der Waals surface area contributed by atoms with Crippen molar-refractivity contribution in [3.8, 4) is 0 Å². The number of carbonyl (C=O) groups excluding carboxylic acids is 1. The highest BCUT2D eigenvalue weighted by molar-refractivity contribution is 5.88. The molecule has 0 radical (unpaired) electrons. The summed E-state index contributed by atoms with van der Waals surface area (Å²) in [5.74, 6) is 1.52. The van der Waals surface area contributed by atoms with Crippen LogP contribution in [0.15, 0.2) is 0 Å². The maximum absolute atomic E-state index is 12.4. The Morgan fingerprint density at radius 1 is 1.33 bits per heavy atom. The molecule has 1 saturated carbocycles. The molecule has 1 aliphatic carbocycles. The van der Waals surface area contributed by atoms with Crippen LogP contribution in [0.25, 0.3) is 0 Å². The molecule has 1 fully saturated rings. The number of hydrogen-bond donors (Lipinski definition) is 0. The van der Waals surface area contributed by atoms with E-state index in [1.54, 1.807) is 7.11 Å². The van der Waals surface area contributed by atoms with E-state index in [2.05, 4.69) is 20.8 Å². The van der Waals surface area contributed by atoms with Crippen molar-refractivity contribution in [1.82, 2.24) is 0 Å². The molecule has 1 rings (SSSR count). The predicted octanol–water partition coefficient (Wildman–Crippen LogP) is 4.37. The predicted molar refractivity (Wildman–Crippen MR) is 75.7 cm³/mol. The summed E-state index contributed by atoms with van der Waals surface area (Å²) >= 11 is 0. The molecule has 106 valence electrons. The minimum absolute atomic E-state index is 0.347. The van der Waals surface area contributed by atoms with Crippen LogP contribution >= 0.6 is 0 Å². The van der Waals surface area contributed by atoms with Crippen LogP contribution < -0.4 is 0 Å². The van der Waals surface area contributed by atoms with Gasteiger partial charge in [0.05, 0.1) is 0 Å². The van der Waals surface area contributed by atoms with Crippen molar-refractivity contribution >= 4 is 5.78 Å². The summed E-state index contributed by atoms with van der Waals surface area (Å²) < 4.78 is 5.62. The van der Waals surface area contributed by atoms with Gasteiger partial charge in [0.25, 0.3) is 0 Å². The summed E-state index contributed by atoms with van der Waals surface area (Å²) in [7, 11) is 1.71. The number of carbonyl (C=O) groups is 1. The number of Topliss-reactive ketones (excluding diaryl/α,β-unsaturated/α-hetero) is 1. The number of methoxy groups -OCH3 is 1. The van der Waals surface area contributed by atoms with Crippen molar-refractivity contribution in [3.63, 3.8) is 0 Å². The van der Waals surface area contributed by atoms with Crippen LogP contribution in [-0.2, 0) is 9.53 Å². The smallest absolute Gasteiger partial charge is 0.164 e. The normalized spacial score (nSPS) is 27.9. The van der Waals surface area contributed by atoms with Crippen LogP contribution in [0.5, 0.6) is 0 Å². The second-order valence-corrected chi connectivity index (χ2v) is 6.30. The Bertz CT molecular complexity index is 260. The summed E-state index contributed by atoms with van der Waals surface area (Å²) in [5, 5.41) is 0. The molecule has 2 nitrogen and oxygen atoms in total. The first-order chi connectivity index (χ1) is 8.53. The van der Waals surface area contributed by atoms with Gasteiger partial charge in [-0.25, -0.2) is 0 Å². The van der Waals surface area contributed by atoms with E-state index in [0.717, 1.165) is 31.6 Å². The number of unbranched alkanes of at least 4 members (excludes halogenated alkanes) is 2. The Balaban J connectivity index is 2.31. The van der Waals surface area contributed by atoms with E-state index in [1.165, 1.54) is 19.3 Å². The largest absolute Gasteiger partial charge is 0.370 e. The fraction of sp³-hybridized carbons (Fsp3) is 0.938. The Hall–Kier alpha value is -0.370. The lowest BCUT2D eigenvalue weighted by Crippen LogP contribution is -2.43. The van der Waals surface area contributed by atoms with E-state index in [-0.39, 0.29) is 0 Å². The molecule has 0 aromatic carbocycles. The van der Waals surface area contributed by atoms with Crippen molar-refractivity contribution in [2.75, 3.05) is 7.11 Å². The molecule has 0 heterocycles. The van der Waals surface area contributed by atoms with E-state index in [9.17, 15) is 4.79 Å². The van der Waals surface area contributed by atoms with Gasteiger partial charge in [-0.1, -0.05) is 40.0 Å². The first-order valence-corrected chi connectivity index (χ1v) is 7.61. The zero-order valence-corrected chi connectivity index (χ0v) is 12.6.